The Bertz CT molecular complexity index is 615. The summed E-state index contributed by atoms with van der Waals surface area (Å²) < 4.78 is 10.2. The van der Waals surface area contributed by atoms with E-state index in [0.717, 1.165) is 11.3 Å². The molecule has 2 rings (SSSR count). The first-order valence-electron chi connectivity index (χ1n) is 6.17. The van der Waals surface area contributed by atoms with E-state index in [4.69, 9.17) is 15.0 Å². The number of nitrogens with zero attached hydrogens (tertiary/aromatic N) is 1. The second-order valence-electron chi connectivity index (χ2n) is 4.41. The number of ether oxygens (including phenoxy) is 1. The number of benzene rings is 1. The number of aryl methyl sites for hydroxylation is 2. The van der Waals surface area contributed by atoms with Crippen LogP contribution in [-0.4, -0.2) is 18.2 Å². The lowest BCUT2D eigenvalue weighted by atomic mass is 10.1. The third-order valence-electron chi connectivity index (χ3n) is 3.11. The summed E-state index contributed by atoms with van der Waals surface area (Å²) in [6, 6.07) is 5.09. The molecule has 0 saturated carbocycles. The molecule has 1 heterocycles. The van der Waals surface area contributed by atoms with E-state index in [2.05, 4.69) is 10.5 Å². The molecule has 20 heavy (non-hydrogen) atoms. The number of aromatic nitrogens is 1. The molecule has 0 saturated heterocycles. The van der Waals surface area contributed by atoms with Crippen molar-refractivity contribution >= 4 is 11.6 Å². The van der Waals surface area contributed by atoms with Gasteiger partial charge < -0.3 is 20.3 Å². The zero-order chi connectivity index (χ0) is 14.7. The number of rotatable bonds is 4. The van der Waals surface area contributed by atoms with Gasteiger partial charge in [-0.25, -0.2) is 0 Å². The van der Waals surface area contributed by atoms with E-state index in [1.165, 1.54) is 7.11 Å². The van der Waals surface area contributed by atoms with E-state index < -0.39 is 0 Å². The van der Waals surface area contributed by atoms with Crippen molar-refractivity contribution in [3.05, 3.63) is 40.8 Å². The van der Waals surface area contributed by atoms with Gasteiger partial charge in [-0.1, -0.05) is 11.2 Å². The molecular weight excluding hydrogens is 258 g/mol. The Kier molecular flexibility index (Phi) is 3.93. The first-order chi connectivity index (χ1) is 9.54. The summed E-state index contributed by atoms with van der Waals surface area (Å²) in [5.41, 5.74) is 8.17. The molecule has 0 atom stereocenters. The molecule has 0 bridgehead atoms. The Labute approximate surface area is 116 Å². The number of anilines is 1. The number of methoxy groups -OCH3 is 1. The summed E-state index contributed by atoms with van der Waals surface area (Å²) in [5, 5.41) is 6.64. The molecule has 0 aliphatic heterocycles. The maximum Gasteiger partial charge on any atom is 0.257 e. The molecule has 6 nitrogen and oxygen atoms in total. The quantitative estimate of drug-likeness (QED) is 0.830. The number of nitrogen functional groups attached to an aromatic ring is 1. The number of carbonyl (C=O) groups excluding carboxylic acids is 1. The van der Waals surface area contributed by atoms with Crippen molar-refractivity contribution in [1.29, 1.82) is 0 Å². The molecule has 0 fully saturated rings. The average Bonchev–Trinajstić information content (AvgIpc) is 2.75. The van der Waals surface area contributed by atoms with E-state index in [0.29, 0.717) is 29.3 Å². The smallest absolute Gasteiger partial charge is 0.257 e. The van der Waals surface area contributed by atoms with Crippen molar-refractivity contribution in [2.24, 2.45) is 0 Å². The molecular formula is C14H17N3O3. The first kappa shape index (κ1) is 13.9. The van der Waals surface area contributed by atoms with Crippen LogP contribution in [0.3, 0.4) is 0 Å². The Morgan fingerprint density at radius 3 is 2.80 bits per heavy atom. The van der Waals surface area contributed by atoms with Gasteiger partial charge in [0.1, 0.15) is 17.1 Å². The fourth-order valence-electron chi connectivity index (χ4n) is 1.97. The van der Waals surface area contributed by atoms with Gasteiger partial charge in [-0.15, -0.1) is 0 Å². The zero-order valence-corrected chi connectivity index (χ0v) is 11.7. The maximum atomic E-state index is 12.2. The van der Waals surface area contributed by atoms with Crippen LogP contribution in [0.25, 0.3) is 0 Å². The molecule has 106 valence electrons. The topological polar surface area (TPSA) is 90.4 Å². The summed E-state index contributed by atoms with van der Waals surface area (Å²) in [7, 11) is 1.50. The molecule has 1 amide bonds. The van der Waals surface area contributed by atoms with E-state index in [9.17, 15) is 4.79 Å². The molecule has 0 aliphatic carbocycles. The van der Waals surface area contributed by atoms with Gasteiger partial charge in [0.2, 0.25) is 0 Å². The molecule has 0 aliphatic rings. The molecule has 0 spiro atoms. The van der Waals surface area contributed by atoms with Crippen molar-refractivity contribution in [2.75, 3.05) is 12.8 Å². The highest BCUT2D eigenvalue weighted by Crippen LogP contribution is 2.24. The van der Waals surface area contributed by atoms with Gasteiger partial charge >= 0.3 is 0 Å². The van der Waals surface area contributed by atoms with Crippen LogP contribution in [0, 0.1) is 13.8 Å². The molecule has 1 aromatic carbocycles. The highest BCUT2D eigenvalue weighted by molar-refractivity contribution is 6.01. The van der Waals surface area contributed by atoms with Crippen LogP contribution in [0.2, 0.25) is 0 Å². The van der Waals surface area contributed by atoms with Gasteiger partial charge in [0, 0.05) is 17.8 Å². The minimum absolute atomic E-state index is 0.292. The second kappa shape index (κ2) is 5.64. The summed E-state index contributed by atoms with van der Waals surface area (Å²) in [6.45, 7) is 3.96. The largest absolute Gasteiger partial charge is 0.496 e. The van der Waals surface area contributed by atoms with Crippen LogP contribution < -0.4 is 15.8 Å². The average molecular weight is 275 g/mol. The first-order valence-corrected chi connectivity index (χ1v) is 6.17. The van der Waals surface area contributed by atoms with Crippen molar-refractivity contribution < 1.29 is 14.1 Å². The van der Waals surface area contributed by atoms with Crippen LogP contribution in [0.15, 0.2) is 22.7 Å². The normalized spacial score (nSPS) is 10.3. The third kappa shape index (κ3) is 2.59. The van der Waals surface area contributed by atoms with Crippen LogP contribution in [0.5, 0.6) is 5.75 Å². The van der Waals surface area contributed by atoms with Crippen molar-refractivity contribution in [3.8, 4) is 5.75 Å². The summed E-state index contributed by atoms with van der Waals surface area (Å²) in [4.78, 5) is 12.2. The number of nitrogens with one attached hydrogen (secondary N) is 1. The van der Waals surface area contributed by atoms with E-state index in [1.807, 2.05) is 6.92 Å². The number of amides is 1. The van der Waals surface area contributed by atoms with E-state index in [1.54, 1.807) is 25.1 Å². The van der Waals surface area contributed by atoms with Crippen molar-refractivity contribution in [1.82, 2.24) is 10.5 Å². The molecule has 6 heteroatoms. The lowest BCUT2D eigenvalue weighted by Gasteiger charge is -2.11. The Balaban J connectivity index is 2.17. The molecule has 3 N–H and O–H groups in total. The van der Waals surface area contributed by atoms with Crippen LogP contribution in [0.1, 0.15) is 27.4 Å². The fraction of sp³-hybridized carbons (Fsp3) is 0.286. The zero-order valence-electron chi connectivity index (χ0n) is 11.7. The van der Waals surface area contributed by atoms with Gasteiger partial charge in [-0.2, -0.15) is 0 Å². The number of hydrogen-bond acceptors (Lipinski definition) is 5. The number of hydrogen-bond donors (Lipinski definition) is 2. The summed E-state index contributed by atoms with van der Waals surface area (Å²) in [5.74, 6) is 0.844. The van der Waals surface area contributed by atoms with E-state index >= 15 is 0 Å². The number of nitrogens with two attached hydrogens (primary N) is 1. The predicted molar refractivity (Wildman–Crippen MR) is 74.6 cm³/mol. The summed E-state index contributed by atoms with van der Waals surface area (Å²) in [6.07, 6.45) is 0. The number of carbonyl (C=O) groups is 1. The van der Waals surface area contributed by atoms with Crippen LogP contribution in [0.4, 0.5) is 5.69 Å². The second-order valence-corrected chi connectivity index (χ2v) is 4.41. The van der Waals surface area contributed by atoms with Crippen molar-refractivity contribution in [3.63, 3.8) is 0 Å². The van der Waals surface area contributed by atoms with Gasteiger partial charge in [-0.3, -0.25) is 4.79 Å². The third-order valence-corrected chi connectivity index (χ3v) is 3.11. The summed E-state index contributed by atoms with van der Waals surface area (Å²) >= 11 is 0. The Morgan fingerprint density at radius 2 is 2.20 bits per heavy atom. The van der Waals surface area contributed by atoms with Gasteiger partial charge in [0.25, 0.3) is 5.91 Å². The van der Waals surface area contributed by atoms with Crippen LogP contribution in [-0.2, 0) is 6.54 Å². The highest BCUT2D eigenvalue weighted by atomic mass is 16.5. The fourth-order valence-corrected chi connectivity index (χ4v) is 1.97. The highest BCUT2D eigenvalue weighted by Gasteiger charge is 2.17. The molecule has 2 aromatic rings. The predicted octanol–water partition coefficient (Wildman–Crippen LogP) is 1.81. The Morgan fingerprint density at radius 1 is 1.45 bits per heavy atom. The Hall–Kier alpha value is -2.50. The molecule has 0 unspecified atom stereocenters. The van der Waals surface area contributed by atoms with Gasteiger partial charge in [-0.05, 0) is 26.0 Å². The standard InChI is InChI=1S/C14H17N3O3/c1-8-10(9(2)20-17-8)7-16-14(18)13-11(15)5-4-6-12(13)19-3/h4-6H,7,15H2,1-3H3,(H,16,18). The SMILES string of the molecule is COc1cccc(N)c1C(=O)NCc1c(C)noc1C. The van der Waals surface area contributed by atoms with Crippen LogP contribution >= 0.6 is 0 Å². The minimum Gasteiger partial charge on any atom is -0.496 e. The lowest BCUT2D eigenvalue weighted by molar-refractivity contribution is 0.0948. The van der Waals surface area contributed by atoms with Gasteiger partial charge in [0.05, 0.1) is 12.8 Å². The minimum atomic E-state index is -0.292. The molecule has 1 aromatic heterocycles. The van der Waals surface area contributed by atoms with Gasteiger partial charge in [0.15, 0.2) is 0 Å². The van der Waals surface area contributed by atoms with E-state index in [-0.39, 0.29) is 5.91 Å². The molecule has 0 radical (unpaired) electrons. The monoisotopic (exact) mass is 275 g/mol. The maximum absolute atomic E-state index is 12.2. The lowest BCUT2D eigenvalue weighted by Crippen LogP contribution is -2.24. The van der Waals surface area contributed by atoms with Crippen molar-refractivity contribution in [2.45, 2.75) is 20.4 Å².